The van der Waals surface area contributed by atoms with Crippen molar-refractivity contribution < 1.29 is 14.6 Å². The summed E-state index contributed by atoms with van der Waals surface area (Å²) in [6.07, 6.45) is 0.464. The zero-order valence-electron chi connectivity index (χ0n) is 14.2. The number of carbonyl (C=O) groups is 1. The Morgan fingerprint density at radius 2 is 2.04 bits per heavy atom. The Morgan fingerprint density at radius 3 is 2.75 bits per heavy atom. The smallest absolute Gasteiger partial charge is 0.236 e. The van der Waals surface area contributed by atoms with Gasteiger partial charge in [-0.1, -0.05) is 18.2 Å². The molecule has 1 N–H and O–H groups in total. The second-order valence-corrected chi connectivity index (χ2v) is 6.47. The van der Waals surface area contributed by atoms with Crippen molar-refractivity contribution in [3.63, 3.8) is 0 Å². The van der Waals surface area contributed by atoms with E-state index < -0.39 is 0 Å². The Bertz CT molecular complexity index is 732. The molecule has 2 aromatic carbocycles. The highest BCUT2D eigenvalue weighted by Gasteiger charge is 2.23. The third kappa shape index (κ3) is 3.86. The van der Waals surface area contributed by atoms with E-state index in [-0.39, 0.29) is 12.0 Å². The Labute approximate surface area is 142 Å². The number of aliphatic hydroxyl groups is 1. The maximum absolute atomic E-state index is 12.3. The predicted octanol–water partition coefficient (Wildman–Crippen LogP) is 1.87. The highest BCUT2D eigenvalue weighted by Crippen LogP contribution is 2.22. The third-order valence-electron chi connectivity index (χ3n) is 4.56. The normalized spacial score (nSPS) is 18.0. The van der Waals surface area contributed by atoms with E-state index in [4.69, 9.17) is 4.74 Å². The maximum Gasteiger partial charge on any atom is 0.236 e. The number of β-amino-alcohol motifs (C(OH)–C–C–N with tert-alkyl or cyclic N) is 1. The van der Waals surface area contributed by atoms with Crippen LogP contribution in [0.4, 0.5) is 0 Å². The third-order valence-corrected chi connectivity index (χ3v) is 4.56. The number of hydrogen-bond acceptors (Lipinski definition) is 4. The van der Waals surface area contributed by atoms with Gasteiger partial charge in [-0.15, -0.1) is 0 Å². The van der Waals surface area contributed by atoms with Crippen molar-refractivity contribution in [2.24, 2.45) is 0 Å². The van der Waals surface area contributed by atoms with Gasteiger partial charge >= 0.3 is 0 Å². The van der Waals surface area contributed by atoms with Gasteiger partial charge in [0.25, 0.3) is 0 Å². The van der Waals surface area contributed by atoms with E-state index >= 15 is 0 Å². The molecule has 128 valence electrons. The van der Waals surface area contributed by atoms with E-state index in [1.807, 2.05) is 36.2 Å². The molecule has 2 aromatic rings. The van der Waals surface area contributed by atoms with E-state index in [1.165, 1.54) is 0 Å². The number of hydrogen-bond donors (Lipinski definition) is 1. The van der Waals surface area contributed by atoms with Crippen LogP contribution in [0.15, 0.2) is 36.4 Å². The summed E-state index contributed by atoms with van der Waals surface area (Å²) < 4.78 is 5.24. The number of likely N-dealkylation sites (N-methyl/N-ethyl adjacent to an activating group) is 1. The number of benzene rings is 2. The van der Waals surface area contributed by atoms with Crippen LogP contribution >= 0.6 is 0 Å². The summed E-state index contributed by atoms with van der Waals surface area (Å²) in [6.45, 7) is 2.34. The lowest BCUT2D eigenvalue weighted by Crippen LogP contribution is -2.37. The highest BCUT2D eigenvalue weighted by atomic mass is 16.5. The first kappa shape index (κ1) is 16.7. The summed E-state index contributed by atoms with van der Waals surface area (Å²) in [7, 11) is 3.49. The fraction of sp³-hybridized carbons (Fsp3) is 0.421. The van der Waals surface area contributed by atoms with Crippen LogP contribution in [-0.2, 0) is 11.3 Å². The standard InChI is InChI=1S/C19H24N2O3/c1-20(19(23)13-21-8-7-17(22)12-21)11-14-3-4-16-10-18(24-2)6-5-15(16)9-14/h3-6,9-10,17,22H,7-8,11-13H2,1-2H3/t17-/m0/s1. The van der Waals surface area contributed by atoms with Gasteiger partial charge in [0.1, 0.15) is 5.75 Å². The summed E-state index contributed by atoms with van der Waals surface area (Å²) in [5.74, 6) is 0.925. The molecule has 1 aliphatic heterocycles. The molecule has 0 bridgehead atoms. The number of ether oxygens (including phenoxy) is 1. The van der Waals surface area contributed by atoms with E-state index in [0.717, 1.165) is 35.1 Å². The molecule has 1 atom stereocenters. The van der Waals surface area contributed by atoms with Crippen LogP contribution in [0, 0.1) is 0 Å². The Morgan fingerprint density at radius 1 is 1.29 bits per heavy atom. The van der Waals surface area contributed by atoms with Crippen LogP contribution < -0.4 is 4.74 Å². The highest BCUT2D eigenvalue weighted by molar-refractivity contribution is 5.84. The molecule has 0 spiro atoms. The van der Waals surface area contributed by atoms with Gasteiger partial charge in [0.2, 0.25) is 5.91 Å². The van der Waals surface area contributed by atoms with Crippen LogP contribution in [0.1, 0.15) is 12.0 Å². The average molecular weight is 328 g/mol. The molecule has 1 fully saturated rings. The largest absolute Gasteiger partial charge is 0.497 e. The molecule has 5 heteroatoms. The van der Waals surface area contributed by atoms with Crippen LogP contribution in [0.25, 0.3) is 10.8 Å². The number of amides is 1. The van der Waals surface area contributed by atoms with Crippen LogP contribution in [0.2, 0.25) is 0 Å². The Kier molecular flexibility index (Phi) is 5.02. The second kappa shape index (κ2) is 7.20. The van der Waals surface area contributed by atoms with Gasteiger partial charge in [-0.2, -0.15) is 0 Å². The molecule has 1 aliphatic rings. The van der Waals surface area contributed by atoms with Gasteiger partial charge in [0, 0.05) is 26.7 Å². The Balaban J connectivity index is 1.64. The molecule has 0 saturated carbocycles. The van der Waals surface area contributed by atoms with Crippen molar-refractivity contribution in [3.05, 3.63) is 42.0 Å². The number of nitrogens with zero attached hydrogens (tertiary/aromatic N) is 2. The number of aliphatic hydroxyl groups excluding tert-OH is 1. The monoisotopic (exact) mass is 328 g/mol. The summed E-state index contributed by atoms with van der Waals surface area (Å²) in [5.41, 5.74) is 1.10. The van der Waals surface area contributed by atoms with Crippen molar-refractivity contribution in [2.75, 3.05) is 33.8 Å². The van der Waals surface area contributed by atoms with Crippen molar-refractivity contribution in [3.8, 4) is 5.75 Å². The number of carbonyl (C=O) groups excluding carboxylic acids is 1. The van der Waals surface area contributed by atoms with Crippen molar-refractivity contribution in [2.45, 2.75) is 19.1 Å². The van der Waals surface area contributed by atoms with Gasteiger partial charge in [0.15, 0.2) is 0 Å². The number of fused-ring (bicyclic) bond motifs is 1. The molecule has 5 nitrogen and oxygen atoms in total. The van der Waals surface area contributed by atoms with E-state index in [0.29, 0.717) is 19.6 Å². The summed E-state index contributed by atoms with van der Waals surface area (Å²) >= 11 is 0. The molecule has 3 rings (SSSR count). The molecular weight excluding hydrogens is 304 g/mol. The molecular formula is C19H24N2O3. The number of rotatable bonds is 5. The minimum atomic E-state index is -0.291. The first-order valence-electron chi connectivity index (χ1n) is 8.26. The molecule has 0 unspecified atom stereocenters. The topological polar surface area (TPSA) is 53.0 Å². The van der Waals surface area contributed by atoms with Gasteiger partial charge in [-0.05, 0) is 41.0 Å². The van der Waals surface area contributed by atoms with Crippen LogP contribution in [-0.4, -0.2) is 60.7 Å². The molecule has 0 aliphatic carbocycles. The molecule has 0 aromatic heterocycles. The lowest BCUT2D eigenvalue weighted by atomic mass is 10.1. The van der Waals surface area contributed by atoms with Crippen LogP contribution in [0.3, 0.4) is 0 Å². The molecule has 1 heterocycles. The van der Waals surface area contributed by atoms with Gasteiger partial charge in [0.05, 0.1) is 19.8 Å². The maximum atomic E-state index is 12.3. The number of likely N-dealkylation sites (tertiary alicyclic amines) is 1. The van der Waals surface area contributed by atoms with Crippen molar-refractivity contribution >= 4 is 16.7 Å². The first-order valence-corrected chi connectivity index (χ1v) is 8.26. The zero-order chi connectivity index (χ0) is 17.1. The average Bonchev–Trinajstić information content (AvgIpc) is 2.99. The molecule has 1 amide bonds. The minimum absolute atomic E-state index is 0.0823. The van der Waals surface area contributed by atoms with Gasteiger partial charge in [-0.25, -0.2) is 0 Å². The first-order chi connectivity index (χ1) is 11.5. The van der Waals surface area contributed by atoms with Crippen LogP contribution in [0.5, 0.6) is 5.75 Å². The molecule has 24 heavy (non-hydrogen) atoms. The summed E-state index contributed by atoms with van der Waals surface area (Å²) in [6, 6.07) is 12.2. The SMILES string of the molecule is COc1ccc2cc(CN(C)C(=O)CN3CC[C@H](O)C3)ccc2c1. The molecule has 0 radical (unpaired) electrons. The summed E-state index contributed by atoms with van der Waals surface area (Å²) in [4.78, 5) is 16.1. The second-order valence-electron chi connectivity index (χ2n) is 6.47. The lowest BCUT2D eigenvalue weighted by molar-refractivity contribution is -0.131. The van der Waals surface area contributed by atoms with Gasteiger partial charge < -0.3 is 14.7 Å². The predicted molar refractivity (Wildman–Crippen MR) is 94.0 cm³/mol. The van der Waals surface area contributed by atoms with E-state index in [1.54, 1.807) is 12.0 Å². The number of methoxy groups -OCH3 is 1. The lowest BCUT2D eigenvalue weighted by Gasteiger charge is -2.21. The Hall–Kier alpha value is -2.11. The van der Waals surface area contributed by atoms with E-state index in [9.17, 15) is 9.90 Å². The van der Waals surface area contributed by atoms with Gasteiger partial charge in [-0.3, -0.25) is 9.69 Å². The fourth-order valence-corrected chi connectivity index (χ4v) is 3.13. The molecule has 1 saturated heterocycles. The minimum Gasteiger partial charge on any atom is -0.497 e. The zero-order valence-corrected chi connectivity index (χ0v) is 14.2. The fourth-order valence-electron chi connectivity index (χ4n) is 3.13. The van der Waals surface area contributed by atoms with Crippen molar-refractivity contribution in [1.82, 2.24) is 9.80 Å². The van der Waals surface area contributed by atoms with Crippen molar-refractivity contribution in [1.29, 1.82) is 0 Å². The summed E-state index contributed by atoms with van der Waals surface area (Å²) in [5, 5.41) is 11.8. The quantitative estimate of drug-likeness (QED) is 0.910. The van der Waals surface area contributed by atoms with E-state index in [2.05, 4.69) is 12.1 Å².